The molecule has 92 valence electrons. The van der Waals surface area contributed by atoms with Gasteiger partial charge in [0.1, 0.15) is 0 Å². The van der Waals surface area contributed by atoms with Gasteiger partial charge in [0.25, 0.3) is 0 Å². The van der Waals surface area contributed by atoms with Crippen molar-refractivity contribution in [2.45, 2.75) is 0 Å². The minimum atomic E-state index is 0.469. The molecule has 0 saturated heterocycles. The number of aromatic nitrogens is 3. The molecule has 0 saturated carbocycles. The van der Waals surface area contributed by atoms with Crippen LogP contribution < -0.4 is 10.6 Å². The van der Waals surface area contributed by atoms with Gasteiger partial charge in [-0.2, -0.15) is 10.1 Å². The van der Waals surface area contributed by atoms with Gasteiger partial charge in [-0.1, -0.05) is 22.0 Å². The third-order valence-corrected chi connectivity index (χ3v) is 2.61. The smallest absolute Gasteiger partial charge is 0.244 e. The molecule has 5 nitrogen and oxygen atoms in total. The number of anilines is 3. The lowest BCUT2D eigenvalue weighted by molar-refractivity contribution is 0.968. The van der Waals surface area contributed by atoms with E-state index in [1.807, 2.05) is 24.3 Å². The van der Waals surface area contributed by atoms with Gasteiger partial charge in [0.15, 0.2) is 5.82 Å². The number of halogens is 1. The molecular weight excluding hydrogens is 294 g/mol. The molecule has 2 N–H and O–H groups in total. The van der Waals surface area contributed by atoms with Crippen molar-refractivity contribution in [1.82, 2.24) is 15.2 Å². The van der Waals surface area contributed by atoms with E-state index >= 15 is 0 Å². The Morgan fingerprint density at radius 2 is 2.06 bits per heavy atom. The lowest BCUT2D eigenvalue weighted by Gasteiger charge is -2.06. The summed E-state index contributed by atoms with van der Waals surface area (Å²) < 4.78 is 1.03. The first-order valence-corrected chi connectivity index (χ1v) is 6.14. The number of benzene rings is 1. The normalized spacial score (nSPS) is 9.83. The van der Waals surface area contributed by atoms with Gasteiger partial charge >= 0.3 is 0 Å². The first-order chi connectivity index (χ1) is 8.78. The van der Waals surface area contributed by atoms with Gasteiger partial charge in [0.05, 0.1) is 6.20 Å². The second kappa shape index (κ2) is 6.11. The van der Waals surface area contributed by atoms with Crippen LogP contribution in [-0.2, 0) is 0 Å². The summed E-state index contributed by atoms with van der Waals surface area (Å²) in [6.45, 7) is 4.22. The minimum Gasteiger partial charge on any atom is -0.349 e. The number of hydrogen-bond acceptors (Lipinski definition) is 5. The maximum atomic E-state index is 4.27. The molecular formula is C12H12BrN5. The van der Waals surface area contributed by atoms with Crippen LogP contribution in [0.3, 0.4) is 0 Å². The highest BCUT2D eigenvalue weighted by atomic mass is 79.9. The molecule has 0 amide bonds. The largest absolute Gasteiger partial charge is 0.349 e. The minimum absolute atomic E-state index is 0.469. The van der Waals surface area contributed by atoms with Gasteiger partial charge in [0.2, 0.25) is 5.95 Å². The first kappa shape index (κ1) is 12.5. The van der Waals surface area contributed by atoms with Crippen LogP contribution in [-0.4, -0.2) is 21.7 Å². The average molecular weight is 306 g/mol. The molecule has 1 aromatic heterocycles. The molecule has 0 fully saturated rings. The van der Waals surface area contributed by atoms with E-state index in [-0.39, 0.29) is 0 Å². The van der Waals surface area contributed by atoms with Gasteiger partial charge in [-0.15, -0.1) is 11.7 Å². The van der Waals surface area contributed by atoms with Crippen LogP contribution in [0.5, 0.6) is 0 Å². The van der Waals surface area contributed by atoms with Crippen LogP contribution in [0.15, 0.2) is 47.6 Å². The molecule has 1 aromatic carbocycles. The predicted octanol–water partition coefficient (Wildman–Crippen LogP) is 2.98. The topological polar surface area (TPSA) is 62.7 Å². The number of hydrogen-bond donors (Lipinski definition) is 2. The molecule has 18 heavy (non-hydrogen) atoms. The van der Waals surface area contributed by atoms with E-state index in [1.165, 1.54) is 0 Å². The predicted molar refractivity (Wildman–Crippen MR) is 75.9 cm³/mol. The maximum absolute atomic E-state index is 4.27. The number of nitrogens with zero attached hydrogens (tertiary/aromatic N) is 3. The van der Waals surface area contributed by atoms with Crippen LogP contribution in [0.4, 0.5) is 17.5 Å². The van der Waals surface area contributed by atoms with Crippen molar-refractivity contribution >= 4 is 33.4 Å². The molecule has 0 spiro atoms. The Morgan fingerprint density at radius 3 is 2.78 bits per heavy atom. The fourth-order valence-electron chi connectivity index (χ4n) is 1.28. The van der Waals surface area contributed by atoms with E-state index in [9.17, 15) is 0 Å². The van der Waals surface area contributed by atoms with E-state index < -0.39 is 0 Å². The Balaban J connectivity index is 2.08. The average Bonchev–Trinajstić information content (AvgIpc) is 2.40. The fourth-order valence-corrected chi connectivity index (χ4v) is 1.55. The zero-order valence-corrected chi connectivity index (χ0v) is 11.2. The van der Waals surface area contributed by atoms with Crippen LogP contribution in [0.1, 0.15) is 0 Å². The summed E-state index contributed by atoms with van der Waals surface area (Å²) in [5.74, 6) is 1.11. The Morgan fingerprint density at radius 1 is 1.28 bits per heavy atom. The first-order valence-electron chi connectivity index (χ1n) is 5.35. The molecule has 0 atom stereocenters. The Kier molecular flexibility index (Phi) is 4.25. The van der Waals surface area contributed by atoms with Crippen molar-refractivity contribution in [2.75, 3.05) is 17.2 Å². The van der Waals surface area contributed by atoms with Gasteiger partial charge in [-0.25, -0.2) is 0 Å². The lowest BCUT2D eigenvalue weighted by Crippen LogP contribution is -2.05. The number of rotatable bonds is 5. The summed E-state index contributed by atoms with van der Waals surface area (Å²) in [5, 5.41) is 13.9. The summed E-state index contributed by atoms with van der Waals surface area (Å²) in [6, 6.07) is 7.80. The van der Waals surface area contributed by atoms with E-state index in [1.54, 1.807) is 12.3 Å². The molecule has 0 aliphatic carbocycles. The maximum Gasteiger partial charge on any atom is 0.244 e. The summed E-state index contributed by atoms with van der Waals surface area (Å²) in [7, 11) is 0. The van der Waals surface area contributed by atoms with Crippen LogP contribution in [0.2, 0.25) is 0 Å². The molecule has 2 rings (SSSR count). The third kappa shape index (κ3) is 3.53. The van der Waals surface area contributed by atoms with Gasteiger partial charge in [0, 0.05) is 16.7 Å². The highest BCUT2D eigenvalue weighted by Crippen LogP contribution is 2.17. The zero-order chi connectivity index (χ0) is 12.8. The second-order valence-corrected chi connectivity index (χ2v) is 4.38. The molecule has 0 aliphatic heterocycles. The monoisotopic (exact) mass is 305 g/mol. The molecule has 0 unspecified atom stereocenters. The van der Waals surface area contributed by atoms with Crippen molar-refractivity contribution in [3.05, 3.63) is 47.6 Å². The summed E-state index contributed by atoms with van der Waals surface area (Å²) in [6.07, 6.45) is 3.30. The van der Waals surface area contributed by atoms with Crippen LogP contribution in [0.25, 0.3) is 0 Å². The Labute approximate surface area is 113 Å². The third-order valence-electron chi connectivity index (χ3n) is 2.08. The SMILES string of the molecule is C=CCNc1nncc(Nc2ccc(Br)cc2)n1. The van der Waals surface area contributed by atoms with Gasteiger partial charge in [-0.3, -0.25) is 0 Å². The van der Waals surface area contributed by atoms with Gasteiger partial charge in [-0.05, 0) is 24.3 Å². The Hall–Kier alpha value is -1.95. The highest BCUT2D eigenvalue weighted by Gasteiger charge is 2.00. The van der Waals surface area contributed by atoms with Crippen LogP contribution in [0, 0.1) is 0 Å². The summed E-state index contributed by atoms with van der Waals surface area (Å²) in [4.78, 5) is 4.27. The van der Waals surface area contributed by atoms with Crippen LogP contribution >= 0.6 is 15.9 Å². The Bertz CT molecular complexity index is 526. The molecule has 2 aromatic rings. The molecule has 6 heteroatoms. The van der Waals surface area contributed by atoms with Crippen molar-refractivity contribution in [1.29, 1.82) is 0 Å². The quantitative estimate of drug-likeness (QED) is 0.832. The van der Waals surface area contributed by atoms with Crippen molar-refractivity contribution < 1.29 is 0 Å². The lowest BCUT2D eigenvalue weighted by atomic mass is 10.3. The molecule has 0 aliphatic rings. The summed E-state index contributed by atoms with van der Waals surface area (Å²) in [5.41, 5.74) is 0.938. The van der Waals surface area contributed by atoms with E-state index in [4.69, 9.17) is 0 Å². The van der Waals surface area contributed by atoms with E-state index in [0.29, 0.717) is 18.3 Å². The molecule has 0 radical (unpaired) electrons. The second-order valence-electron chi connectivity index (χ2n) is 3.47. The van der Waals surface area contributed by atoms with Crippen molar-refractivity contribution in [3.63, 3.8) is 0 Å². The molecule has 0 bridgehead atoms. The highest BCUT2D eigenvalue weighted by molar-refractivity contribution is 9.10. The van der Waals surface area contributed by atoms with Crippen molar-refractivity contribution in [3.8, 4) is 0 Å². The molecule has 1 heterocycles. The van der Waals surface area contributed by atoms with E-state index in [2.05, 4.69) is 48.3 Å². The van der Waals surface area contributed by atoms with Crippen molar-refractivity contribution in [2.24, 2.45) is 0 Å². The van der Waals surface area contributed by atoms with Gasteiger partial charge < -0.3 is 10.6 Å². The number of nitrogens with one attached hydrogen (secondary N) is 2. The zero-order valence-electron chi connectivity index (χ0n) is 9.60. The van der Waals surface area contributed by atoms with E-state index in [0.717, 1.165) is 10.2 Å². The fraction of sp³-hybridized carbons (Fsp3) is 0.0833. The summed E-state index contributed by atoms with van der Waals surface area (Å²) >= 11 is 3.39. The standard InChI is InChI=1S/C12H12BrN5/c1-2-7-14-12-17-11(8-15-18-12)16-10-5-3-9(13)4-6-10/h2-6,8H,1,7H2,(H2,14,16,17,18).